The highest BCUT2D eigenvalue weighted by Gasteiger charge is 2.36. The summed E-state index contributed by atoms with van der Waals surface area (Å²) in [5.41, 5.74) is 1.20. The summed E-state index contributed by atoms with van der Waals surface area (Å²) in [5.74, 6) is 1.10. The third-order valence-corrected chi connectivity index (χ3v) is 5.95. The van der Waals surface area contributed by atoms with Crippen LogP contribution in [0.3, 0.4) is 0 Å². The van der Waals surface area contributed by atoms with E-state index in [1.807, 2.05) is 36.1 Å². The molecule has 2 aliphatic heterocycles. The molecule has 4 nitrogen and oxygen atoms in total. The number of rotatable bonds is 5. The molecule has 2 fully saturated rings. The van der Waals surface area contributed by atoms with Gasteiger partial charge in [0, 0.05) is 43.0 Å². The average molecular weight is 355 g/mol. The molecule has 2 heterocycles. The van der Waals surface area contributed by atoms with Crippen molar-refractivity contribution in [2.24, 2.45) is 0 Å². The first-order chi connectivity index (χ1) is 11.1. The normalized spacial score (nSPS) is 21.0. The van der Waals surface area contributed by atoms with Gasteiger partial charge >= 0.3 is 0 Å². The molecular formula is C17H23ClN2O2S. The monoisotopic (exact) mass is 354 g/mol. The predicted octanol–water partition coefficient (Wildman–Crippen LogP) is 2.50. The maximum Gasteiger partial charge on any atom is 0.235 e. The van der Waals surface area contributed by atoms with E-state index in [0.29, 0.717) is 6.04 Å². The number of amides is 1. The predicted molar refractivity (Wildman–Crippen MR) is 95.0 cm³/mol. The summed E-state index contributed by atoms with van der Waals surface area (Å²) in [6, 6.07) is 8.35. The van der Waals surface area contributed by atoms with Crippen LogP contribution in [0.25, 0.3) is 0 Å². The second-order valence-corrected chi connectivity index (χ2v) is 7.89. The van der Waals surface area contributed by atoms with E-state index < -0.39 is 0 Å². The van der Waals surface area contributed by atoms with Crippen molar-refractivity contribution in [1.29, 1.82) is 0 Å². The van der Waals surface area contributed by atoms with Crippen LogP contribution in [-0.2, 0) is 15.3 Å². The highest BCUT2D eigenvalue weighted by Crippen LogP contribution is 2.24. The molecule has 1 unspecified atom stereocenters. The Kier molecular flexibility index (Phi) is 5.85. The zero-order chi connectivity index (χ0) is 16.2. The minimum absolute atomic E-state index is 0.00341. The van der Waals surface area contributed by atoms with E-state index >= 15 is 0 Å². The standard InChI is InChI=1S/C17H23ClN2O2S/c1-13(23-12-14-2-4-15(18)5-3-14)17(21)20-10-16(11-20)19-6-8-22-9-7-19/h2-5,13,16H,6-12H2,1H3. The van der Waals surface area contributed by atoms with E-state index in [4.69, 9.17) is 16.3 Å². The largest absolute Gasteiger partial charge is 0.379 e. The number of hydrogen-bond acceptors (Lipinski definition) is 4. The van der Waals surface area contributed by atoms with Crippen LogP contribution in [0.2, 0.25) is 5.02 Å². The second-order valence-electron chi connectivity index (χ2n) is 6.13. The van der Waals surface area contributed by atoms with Crippen LogP contribution in [0.4, 0.5) is 0 Å². The van der Waals surface area contributed by atoms with Gasteiger partial charge in [-0.1, -0.05) is 23.7 Å². The van der Waals surface area contributed by atoms with E-state index in [0.717, 1.165) is 50.2 Å². The first-order valence-corrected chi connectivity index (χ1v) is 9.53. The Morgan fingerprint density at radius 3 is 2.61 bits per heavy atom. The number of halogens is 1. The molecule has 23 heavy (non-hydrogen) atoms. The number of thioether (sulfide) groups is 1. The molecule has 3 rings (SSSR count). The second kappa shape index (κ2) is 7.88. The Bertz CT molecular complexity index is 528. The van der Waals surface area contributed by atoms with Gasteiger partial charge in [-0.25, -0.2) is 0 Å². The number of ether oxygens (including phenoxy) is 1. The molecule has 1 atom stereocenters. The highest BCUT2D eigenvalue weighted by atomic mass is 35.5. The van der Waals surface area contributed by atoms with Gasteiger partial charge in [0.2, 0.25) is 5.91 Å². The molecule has 1 aromatic rings. The molecular weight excluding hydrogens is 332 g/mol. The van der Waals surface area contributed by atoms with Gasteiger partial charge in [0.1, 0.15) is 0 Å². The molecule has 0 N–H and O–H groups in total. The third-order valence-electron chi connectivity index (χ3n) is 4.50. The number of carbonyl (C=O) groups is 1. The first-order valence-electron chi connectivity index (χ1n) is 8.10. The lowest BCUT2D eigenvalue weighted by atomic mass is 10.1. The number of nitrogens with zero attached hydrogens (tertiary/aromatic N) is 2. The van der Waals surface area contributed by atoms with E-state index in [1.165, 1.54) is 5.56 Å². The minimum atomic E-state index is -0.00341. The zero-order valence-corrected chi connectivity index (χ0v) is 15.0. The highest BCUT2D eigenvalue weighted by molar-refractivity contribution is 7.99. The van der Waals surface area contributed by atoms with Crippen molar-refractivity contribution in [3.8, 4) is 0 Å². The van der Waals surface area contributed by atoms with Crippen molar-refractivity contribution >= 4 is 29.3 Å². The fraction of sp³-hybridized carbons (Fsp3) is 0.588. The lowest BCUT2D eigenvalue weighted by molar-refractivity contribution is -0.139. The van der Waals surface area contributed by atoms with E-state index in [-0.39, 0.29) is 11.2 Å². The molecule has 0 aromatic heterocycles. The number of benzene rings is 1. The van der Waals surface area contributed by atoms with Crippen LogP contribution in [0.15, 0.2) is 24.3 Å². The summed E-state index contributed by atoms with van der Waals surface area (Å²) in [5, 5.41) is 0.744. The quantitative estimate of drug-likeness (QED) is 0.813. The number of hydrogen-bond donors (Lipinski definition) is 0. The van der Waals surface area contributed by atoms with Crippen LogP contribution in [0.5, 0.6) is 0 Å². The molecule has 1 amide bonds. The minimum Gasteiger partial charge on any atom is -0.379 e. The Morgan fingerprint density at radius 2 is 1.96 bits per heavy atom. The zero-order valence-electron chi connectivity index (χ0n) is 13.4. The summed E-state index contributed by atoms with van der Waals surface area (Å²) in [7, 11) is 0. The van der Waals surface area contributed by atoms with Crippen molar-refractivity contribution in [2.45, 2.75) is 24.0 Å². The van der Waals surface area contributed by atoms with Gasteiger partial charge in [-0.3, -0.25) is 9.69 Å². The SMILES string of the molecule is CC(SCc1ccc(Cl)cc1)C(=O)N1CC(N2CCOCC2)C1. The van der Waals surface area contributed by atoms with Crippen molar-refractivity contribution in [1.82, 2.24) is 9.80 Å². The molecule has 1 aromatic carbocycles. The Balaban J connectivity index is 1.41. The van der Waals surface area contributed by atoms with Gasteiger partial charge in [0.05, 0.1) is 18.5 Å². The Labute approximate surface area is 147 Å². The third kappa shape index (κ3) is 4.41. The van der Waals surface area contributed by atoms with Crippen LogP contribution in [-0.4, -0.2) is 66.4 Å². The molecule has 126 valence electrons. The van der Waals surface area contributed by atoms with Crippen LogP contribution in [0.1, 0.15) is 12.5 Å². The van der Waals surface area contributed by atoms with E-state index in [2.05, 4.69) is 4.90 Å². The fourth-order valence-corrected chi connectivity index (χ4v) is 3.99. The summed E-state index contributed by atoms with van der Waals surface area (Å²) < 4.78 is 5.38. The fourth-order valence-electron chi connectivity index (χ4n) is 2.94. The van der Waals surface area contributed by atoms with Gasteiger partial charge in [-0.15, -0.1) is 11.8 Å². The summed E-state index contributed by atoms with van der Waals surface area (Å²) in [6.07, 6.45) is 0. The lowest BCUT2D eigenvalue weighted by Gasteiger charge is -2.47. The van der Waals surface area contributed by atoms with Crippen LogP contribution >= 0.6 is 23.4 Å². The van der Waals surface area contributed by atoms with Crippen molar-refractivity contribution in [2.75, 3.05) is 39.4 Å². The lowest BCUT2D eigenvalue weighted by Crippen LogP contribution is -2.63. The van der Waals surface area contributed by atoms with Gasteiger partial charge in [-0.2, -0.15) is 0 Å². The number of carbonyl (C=O) groups excluding carboxylic acids is 1. The summed E-state index contributed by atoms with van der Waals surface area (Å²) in [6.45, 7) is 7.36. The van der Waals surface area contributed by atoms with Gasteiger partial charge in [-0.05, 0) is 24.6 Å². The molecule has 2 aliphatic rings. The van der Waals surface area contributed by atoms with E-state index in [9.17, 15) is 4.79 Å². The first kappa shape index (κ1) is 17.1. The van der Waals surface area contributed by atoms with E-state index in [1.54, 1.807) is 11.8 Å². The number of morpholine rings is 1. The van der Waals surface area contributed by atoms with Crippen molar-refractivity contribution in [3.05, 3.63) is 34.9 Å². The molecule has 6 heteroatoms. The maximum atomic E-state index is 12.5. The van der Waals surface area contributed by atoms with Gasteiger partial charge in [0.15, 0.2) is 0 Å². The topological polar surface area (TPSA) is 32.8 Å². The van der Waals surface area contributed by atoms with Gasteiger partial charge in [0.25, 0.3) is 0 Å². The molecule has 2 saturated heterocycles. The molecule has 0 aliphatic carbocycles. The molecule has 0 bridgehead atoms. The summed E-state index contributed by atoms with van der Waals surface area (Å²) in [4.78, 5) is 16.9. The Morgan fingerprint density at radius 1 is 1.30 bits per heavy atom. The maximum absolute atomic E-state index is 12.5. The average Bonchev–Trinajstić information content (AvgIpc) is 2.53. The Hall–Kier alpha value is -0.750. The molecule has 0 radical (unpaired) electrons. The van der Waals surface area contributed by atoms with Crippen molar-refractivity contribution < 1.29 is 9.53 Å². The van der Waals surface area contributed by atoms with Crippen LogP contribution < -0.4 is 0 Å². The van der Waals surface area contributed by atoms with Crippen molar-refractivity contribution in [3.63, 3.8) is 0 Å². The van der Waals surface area contributed by atoms with Gasteiger partial charge < -0.3 is 9.64 Å². The number of likely N-dealkylation sites (tertiary alicyclic amines) is 1. The smallest absolute Gasteiger partial charge is 0.235 e. The summed E-state index contributed by atoms with van der Waals surface area (Å²) >= 11 is 7.58. The molecule has 0 spiro atoms. The van der Waals surface area contributed by atoms with Crippen LogP contribution in [0, 0.1) is 0 Å². The molecule has 0 saturated carbocycles.